The predicted molar refractivity (Wildman–Crippen MR) is 92.9 cm³/mol. The molecule has 0 aliphatic heterocycles. The van der Waals surface area contributed by atoms with Crippen LogP contribution in [0.4, 0.5) is 0 Å². The summed E-state index contributed by atoms with van der Waals surface area (Å²) < 4.78 is 15.4. The third-order valence-corrected chi connectivity index (χ3v) is 3.58. The molecule has 0 spiro atoms. The Morgan fingerprint density at radius 2 is 1.72 bits per heavy atom. The van der Waals surface area contributed by atoms with E-state index in [0.717, 1.165) is 11.1 Å². The second-order valence-corrected chi connectivity index (χ2v) is 5.37. The number of hydrogen-bond donors (Lipinski definition) is 1. The van der Waals surface area contributed by atoms with Gasteiger partial charge in [0.25, 0.3) is 5.91 Å². The molecule has 0 aliphatic rings. The summed E-state index contributed by atoms with van der Waals surface area (Å²) in [5, 5.41) is 2.69. The van der Waals surface area contributed by atoms with E-state index in [9.17, 15) is 9.59 Å². The van der Waals surface area contributed by atoms with Gasteiger partial charge in [-0.05, 0) is 25.1 Å². The van der Waals surface area contributed by atoms with Gasteiger partial charge in [-0.1, -0.05) is 29.8 Å². The summed E-state index contributed by atoms with van der Waals surface area (Å²) in [5.74, 6) is 0.0909. The highest BCUT2D eigenvalue weighted by atomic mass is 16.5. The minimum absolute atomic E-state index is 0.286. The topological polar surface area (TPSA) is 73.9 Å². The summed E-state index contributed by atoms with van der Waals surface area (Å²) >= 11 is 0. The van der Waals surface area contributed by atoms with E-state index in [0.29, 0.717) is 17.1 Å². The molecule has 0 atom stereocenters. The molecule has 6 nitrogen and oxygen atoms in total. The highest BCUT2D eigenvalue weighted by molar-refractivity contribution is 5.94. The highest BCUT2D eigenvalue weighted by Crippen LogP contribution is 2.20. The van der Waals surface area contributed by atoms with Crippen LogP contribution in [0.1, 0.15) is 21.5 Å². The fourth-order valence-electron chi connectivity index (χ4n) is 2.28. The number of benzene rings is 2. The summed E-state index contributed by atoms with van der Waals surface area (Å²) in [6.07, 6.45) is 0. The number of hydrogen-bond acceptors (Lipinski definition) is 5. The number of ether oxygens (including phenoxy) is 3. The molecule has 0 aromatic heterocycles. The molecule has 0 unspecified atom stereocenters. The maximum absolute atomic E-state index is 12.2. The Kier molecular flexibility index (Phi) is 6.39. The second-order valence-electron chi connectivity index (χ2n) is 5.37. The zero-order valence-electron chi connectivity index (χ0n) is 14.5. The molecule has 2 aromatic rings. The maximum Gasteiger partial charge on any atom is 0.342 e. The minimum Gasteiger partial charge on any atom is -0.496 e. The number of amides is 1. The van der Waals surface area contributed by atoms with Crippen molar-refractivity contribution in [3.8, 4) is 11.5 Å². The molecule has 1 N–H and O–H groups in total. The van der Waals surface area contributed by atoms with Crippen molar-refractivity contribution in [2.45, 2.75) is 13.5 Å². The van der Waals surface area contributed by atoms with Gasteiger partial charge in [-0.15, -0.1) is 0 Å². The van der Waals surface area contributed by atoms with Crippen molar-refractivity contribution in [3.63, 3.8) is 0 Å². The average Bonchev–Trinajstić information content (AvgIpc) is 2.64. The molecule has 2 rings (SSSR count). The zero-order chi connectivity index (χ0) is 18.2. The minimum atomic E-state index is -0.604. The Bertz CT molecular complexity index is 757. The molecule has 0 radical (unpaired) electrons. The van der Waals surface area contributed by atoms with E-state index in [4.69, 9.17) is 14.2 Å². The van der Waals surface area contributed by atoms with Gasteiger partial charge in [0.05, 0.1) is 14.2 Å². The number of carbonyl (C=O) groups is 2. The van der Waals surface area contributed by atoms with E-state index in [1.54, 1.807) is 19.2 Å². The summed E-state index contributed by atoms with van der Waals surface area (Å²) in [6, 6.07) is 12.5. The monoisotopic (exact) mass is 343 g/mol. The SMILES string of the molecule is COc1ccccc1CNC(=O)COC(=O)c1cc(C)ccc1OC. The lowest BCUT2D eigenvalue weighted by molar-refractivity contribution is -0.124. The number of carbonyl (C=O) groups excluding carboxylic acids is 2. The van der Waals surface area contributed by atoms with Gasteiger partial charge >= 0.3 is 5.97 Å². The number of nitrogens with one attached hydrogen (secondary N) is 1. The largest absolute Gasteiger partial charge is 0.496 e. The van der Waals surface area contributed by atoms with Gasteiger partial charge in [0, 0.05) is 12.1 Å². The summed E-state index contributed by atoms with van der Waals surface area (Å²) in [6.45, 7) is 1.77. The van der Waals surface area contributed by atoms with Crippen molar-refractivity contribution in [1.82, 2.24) is 5.32 Å². The Morgan fingerprint density at radius 1 is 1.00 bits per heavy atom. The van der Waals surface area contributed by atoms with Crippen LogP contribution in [0.3, 0.4) is 0 Å². The summed E-state index contributed by atoms with van der Waals surface area (Å²) in [4.78, 5) is 24.1. The first-order valence-corrected chi connectivity index (χ1v) is 7.75. The first kappa shape index (κ1) is 18.3. The molecule has 2 aromatic carbocycles. The van der Waals surface area contributed by atoms with Crippen LogP contribution >= 0.6 is 0 Å². The van der Waals surface area contributed by atoms with E-state index < -0.39 is 11.9 Å². The molecule has 0 bridgehead atoms. The van der Waals surface area contributed by atoms with Crippen molar-refractivity contribution >= 4 is 11.9 Å². The molecule has 0 saturated heterocycles. The van der Waals surface area contributed by atoms with Crippen LogP contribution in [0.15, 0.2) is 42.5 Å². The van der Waals surface area contributed by atoms with Crippen LogP contribution in [0, 0.1) is 6.92 Å². The summed E-state index contributed by atoms with van der Waals surface area (Å²) in [5.41, 5.74) is 2.03. The van der Waals surface area contributed by atoms with Crippen LogP contribution < -0.4 is 14.8 Å². The molecule has 0 saturated carbocycles. The second kappa shape index (κ2) is 8.73. The molecule has 0 aliphatic carbocycles. The van der Waals surface area contributed by atoms with Crippen LogP contribution in [-0.2, 0) is 16.1 Å². The van der Waals surface area contributed by atoms with Crippen LogP contribution in [0.5, 0.6) is 11.5 Å². The summed E-state index contributed by atoms with van der Waals surface area (Å²) in [7, 11) is 3.04. The van der Waals surface area contributed by atoms with Gasteiger partial charge in [0.15, 0.2) is 6.61 Å². The van der Waals surface area contributed by atoms with Crippen molar-refractivity contribution in [2.75, 3.05) is 20.8 Å². The molecule has 0 heterocycles. The Hall–Kier alpha value is -3.02. The van der Waals surface area contributed by atoms with E-state index in [-0.39, 0.29) is 13.2 Å². The molecular weight excluding hydrogens is 322 g/mol. The first-order valence-electron chi connectivity index (χ1n) is 7.75. The quantitative estimate of drug-likeness (QED) is 0.782. The van der Waals surface area contributed by atoms with Crippen LogP contribution in [0.25, 0.3) is 0 Å². The van der Waals surface area contributed by atoms with Gasteiger partial charge in [0.1, 0.15) is 17.1 Å². The van der Waals surface area contributed by atoms with E-state index in [1.165, 1.54) is 7.11 Å². The standard InChI is InChI=1S/C19H21NO5/c1-13-8-9-17(24-3)15(10-13)19(22)25-12-18(21)20-11-14-6-4-5-7-16(14)23-2/h4-10H,11-12H2,1-3H3,(H,20,21). The van der Waals surface area contributed by atoms with Crippen molar-refractivity contribution in [1.29, 1.82) is 0 Å². The number of methoxy groups -OCH3 is 2. The van der Waals surface area contributed by atoms with E-state index in [2.05, 4.69) is 5.32 Å². The molecule has 25 heavy (non-hydrogen) atoms. The van der Waals surface area contributed by atoms with Gasteiger partial charge in [0.2, 0.25) is 0 Å². The normalized spacial score (nSPS) is 10.0. The Morgan fingerprint density at radius 3 is 2.44 bits per heavy atom. The van der Waals surface area contributed by atoms with Gasteiger partial charge < -0.3 is 19.5 Å². The Balaban J connectivity index is 1.89. The average molecular weight is 343 g/mol. The van der Waals surface area contributed by atoms with E-state index >= 15 is 0 Å². The predicted octanol–water partition coefficient (Wildman–Crippen LogP) is 2.49. The third kappa shape index (κ3) is 4.97. The van der Waals surface area contributed by atoms with Crippen molar-refractivity contribution in [2.24, 2.45) is 0 Å². The number of rotatable bonds is 7. The molecule has 6 heteroatoms. The molecule has 0 fully saturated rings. The molecule has 1 amide bonds. The number of para-hydroxylation sites is 1. The zero-order valence-corrected chi connectivity index (χ0v) is 14.5. The molecular formula is C19H21NO5. The van der Waals surface area contributed by atoms with Crippen molar-refractivity contribution < 1.29 is 23.8 Å². The fraction of sp³-hybridized carbons (Fsp3) is 0.263. The van der Waals surface area contributed by atoms with Gasteiger partial charge in [-0.25, -0.2) is 4.79 Å². The Labute approximate surface area is 146 Å². The van der Waals surface area contributed by atoms with Crippen LogP contribution in [-0.4, -0.2) is 32.7 Å². The highest BCUT2D eigenvalue weighted by Gasteiger charge is 2.15. The maximum atomic E-state index is 12.2. The lowest BCUT2D eigenvalue weighted by Crippen LogP contribution is -2.28. The first-order chi connectivity index (χ1) is 12.0. The lowest BCUT2D eigenvalue weighted by Gasteiger charge is -2.11. The van der Waals surface area contributed by atoms with Gasteiger partial charge in [-0.2, -0.15) is 0 Å². The van der Waals surface area contributed by atoms with Crippen molar-refractivity contribution in [3.05, 3.63) is 59.2 Å². The fourth-order valence-corrected chi connectivity index (χ4v) is 2.28. The van der Waals surface area contributed by atoms with E-state index in [1.807, 2.05) is 37.3 Å². The smallest absolute Gasteiger partial charge is 0.342 e. The van der Waals surface area contributed by atoms with Crippen LogP contribution in [0.2, 0.25) is 0 Å². The lowest BCUT2D eigenvalue weighted by atomic mass is 10.1. The third-order valence-electron chi connectivity index (χ3n) is 3.58. The number of aryl methyl sites for hydroxylation is 1. The van der Waals surface area contributed by atoms with Gasteiger partial charge in [-0.3, -0.25) is 4.79 Å². The molecule has 132 valence electrons. The number of esters is 1.